The van der Waals surface area contributed by atoms with E-state index < -0.39 is 0 Å². The van der Waals surface area contributed by atoms with Gasteiger partial charge in [-0.1, -0.05) is 0 Å². The number of methoxy groups -OCH3 is 1. The number of ether oxygens (including phenoxy) is 1. The molecule has 8 heteroatoms. The molecule has 0 radical (unpaired) electrons. The van der Waals surface area contributed by atoms with Gasteiger partial charge in [0.1, 0.15) is 6.33 Å². The Bertz CT molecular complexity index is 578. The molecule has 22 heavy (non-hydrogen) atoms. The van der Waals surface area contributed by atoms with Gasteiger partial charge in [-0.15, -0.1) is 0 Å². The monoisotopic (exact) mass is 305 g/mol. The molecule has 1 aromatic heterocycles. The van der Waals surface area contributed by atoms with Crippen LogP contribution in [0, 0.1) is 0 Å². The summed E-state index contributed by atoms with van der Waals surface area (Å²) in [6.07, 6.45) is 2.27. The van der Waals surface area contributed by atoms with Crippen LogP contribution in [0.5, 0.6) is 5.88 Å². The number of fused-ring (bicyclic) bond motifs is 1. The van der Waals surface area contributed by atoms with Gasteiger partial charge in [-0.2, -0.15) is 0 Å². The van der Waals surface area contributed by atoms with Crippen molar-refractivity contribution in [2.75, 3.05) is 39.8 Å². The summed E-state index contributed by atoms with van der Waals surface area (Å²) < 4.78 is 5.27. The van der Waals surface area contributed by atoms with Gasteiger partial charge in [0.2, 0.25) is 17.7 Å². The van der Waals surface area contributed by atoms with Crippen LogP contribution in [0.2, 0.25) is 0 Å². The Hall–Kier alpha value is -2.22. The van der Waals surface area contributed by atoms with Crippen molar-refractivity contribution in [3.05, 3.63) is 17.6 Å². The zero-order valence-electron chi connectivity index (χ0n) is 12.5. The lowest BCUT2D eigenvalue weighted by Crippen LogP contribution is -2.52. The number of hydrogen-bond acceptors (Lipinski definition) is 6. The van der Waals surface area contributed by atoms with Gasteiger partial charge in [-0.25, -0.2) is 9.97 Å². The highest BCUT2D eigenvalue weighted by atomic mass is 16.5. The lowest BCUT2D eigenvalue weighted by Gasteiger charge is -2.32. The molecule has 0 aliphatic carbocycles. The van der Waals surface area contributed by atoms with Gasteiger partial charge in [-0.3, -0.25) is 14.5 Å². The summed E-state index contributed by atoms with van der Waals surface area (Å²) in [5, 5.41) is 2.72. The van der Waals surface area contributed by atoms with Gasteiger partial charge >= 0.3 is 0 Å². The van der Waals surface area contributed by atoms with Crippen LogP contribution in [-0.2, 0) is 22.6 Å². The number of rotatable bonds is 3. The molecule has 118 valence electrons. The molecule has 0 bridgehead atoms. The maximum Gasteiger partial charge on any atom is 0.239 e. The summed E-state index contributed by atoms with van der Waals surface area (Å²) in [4.78, 5) is 35.7. The Morgan fingerprint density at radius 1 is 1.36 bits per heavy atom. The van der Waals surface area contributed by atoms with Crippen molar-refractivity contribution in [1.29, 1.82) is 0 Å². The van der Waals surface area contributed by atoms with Crippen LogP contribution in [0.25, 0.3) is 0 Å². The first kappa shape index (κ1) is 14.7. The van der Waals surface area contributed by atoms with Gasteiger partial charge in [-0.05, 0) is 0 Å². The number of carbonyl (C=O) groups is 2. The summed E-state index contributed by atoms with van der Waals surface area (Å²) in [7, 11) is 1.58. The number of nitrogens with one attached hydrogen (secondary N) is 1. The van der Waals surface area contributed by atoms with E-state index in [9.17, 15) is 9.59 Å². The van der Waals surface area contributed by atoms with Crippen LogP contribution >= 0.6 is 0 Å². The predicted molar refractivity (Wildman–Crippen MR) is 77.2 cm³/mol. The fourth-order valence-corrected chi connectivity index (χ4v) is 2.82. The van der Waals surface area contributed by atoms with E-state index in [4.69, 9.17) is 4.74 Å². The number of amides is 2. The van der Waals surface area contributed by atoms with Crippen molar-refractivity contribution < 1.29 is 14.3 Å². The zero-order valence-corrected chi connectivity index (χ0v) is 12.5. The number of hydrogen-bond donors (Lipinski definition) is 1. The second-order valence-electron chi connectivity index (χ2n) is 5.43. The van der Waals surface area contributed by atoms with Crippen molar-refractivity contribution in [3.63, 3.8) is 0 Å². The number of piperazine rings is 1. The number of aromatic nitrogens is 2. The minimum Gasteiger partial charge on any atom is -0.481 e. The first-order valence-corrected chi connectivity index (χ1v) is 7.31. The topological polar surface area (TPSA) is 87.7 Å². The normalized spacial score (nSPS) is 18.6. The maximum absolute atomic E-state index is 12.3. The fourth-order valence-electron chi connectivity index (χ4n) is 2.82. The van der Waals surface area contributed by atoms with Crippen LogP contribution in [0.1, 0.15) is 11.3 Å². The molecule has 0 saturated carbocycles. The van der Waals surface area contributed by atoms with Crippen molar-refractivity contribution in [3.8, 4) is 5.88 Å². The summed E-state index contributed by atoms with van der Waals surface area (Å²) in [5.74, 6) is 0.451. The van der Waals surface area contributed by atoms with Gasteiger partial charge in [0.15, 0.2) is 0 Å². The molecule has 8 nitrogen and oxygen atoms in total. The molecule has 3 rings (SSSR count). The zero-order chi connectivity index (χ0) is 15.5. The van der Waals surface area contributed by atoms with E-state index >= 15 is 0 Å². The van der Waals surface area contributed by atoms with Gasteiger partial charge in [0, 0.05) is 38.2 Å². The quantitative estimate of drug-likeness (QED) is 0.755. The summed E-state index contributed by atoms with van der Waals surface area (Å²) >= 11 is 0. The Labute approximate surface area is 128 Å². The standard InChI is InChI=1S/C14H19N5O3/c1-22-14-10-6-18(4-2-11(10)16-9-17-14)8-13(21)19-5-3-15-12(20)7-19/h9H,2-8H2,1H3,(H,15,20). The Morgan fingerprint density at radius 2 is 2.23 bits per heavy atom. The fraction of sp³-hybridized carbons (Fsp3) is 0.571. The lowest BCUT2D eigenvalue weighted by atomic mass is 10.1. The van der Waals surface area contributed by atoms with E-state index in [2.05, 4.69) is 15.3 Å². The minimum absolute atomic E-state index is 0.0193. The average Bonchev–Trinajstić information content (AvgIpc) is 2.54. The molecule has 2 aliphatic rings. The highest BCUT2D eigenvalue weighted by Gasteiger charge is 2.26. The molecular weight excluding hydrogens is 286 g/mol. The van der Waals surface area contributed by atoms with Crippen LogP contribution in [0.15, 0.2) is 6.33 Å². The largest absolute Gasteiger partial charge is 0.481 e. The van der Waals surface area contributed by atoms with Crippen LogP contribution < -0.4 is 10.1 Å². The maximum atomic E-state index is 12.3. The molecule has 2 amide bonds. The smallest absolute Gasteiger partial charge is 0.239 e. The van der Waals surface area contributed by atoms with Crippen molar-refractivity contribution >= 4 is 11.8 Å². The van der Waals surface area contributed by atoms with E-state index in [-0.39, 0.29) is 18.4 Å². The molecule has 0 unspecified atom stereocenters. The highest BCUT2D eigenvalue weighted by Crippen LogP contribution is 2.24. The average molecular weight is 305 g/mol. The van der Waals surface area contributed by atoms with E-state index in [1.165, 1.54) is 6.33 Å². The second-order valence-corrected chi connectivity index (χ2v) is 5.43. The van der Waals surface area contributed by atoms with Crippen molar-refractivity contribution in [2.24, 2.45) is 0 Å². The third kappa shape index (κ3) is 3.01. The third-order valence-electron chi connectivity index (χ3n) is 3.98. The summed E-state index contributed by atoms with van der Waals surface area (Å²) in [5.41, 5.74) is 1.92. The molecule has 1 N–H and O–H groups in total. The number of carbonyl (C=O) groups excluding carboxylic acids is 2. The third-order valence-corrected chi connectivity index (χ3v) is 3.98. The lowest BCUT2D eigenvalue weighted by molar-refractivity contribution is -0.139. The molecule has 0 spiro atoms. The Morgan fingerprint density at radius 3 is 3.00 bits per heavy atom. The molecule has 3 heterocycles. The molecule has 2 aliphatic heterocycles. The first-order valence-electron chi connectivity index (χ1n) is 7.31. The van der Waals surface area contributed by atoms with Crippen LogP contribution in [-0.4, -0.2) is 71.4 Å². The molecule has 1 aromatic rings. The van der Waals surface area contributed by atoms with E-state index in [1.807, 2.05) is 4.90 Å². The van der Waals surface area contributed by atoms with Crippen molar-refractivity contribution in [1.82, 2.24) is 25.1 Å². The molecule has 1 saturated heterocycles. The van der Waals surface area contributed by atoms with E-state index in [0.29, 0.717) is 32.1 Å². The molecular formula is C14H19N5O3. The van der Waals surface area contributed by atoms with Crippen molar-refractivity contribution in [2.45, 2.75) is 13.0 Å². The van der Waals surface area contributed by atoms with Gasteiger partial charge < -0.3 is 15.0 Å². The van der Waals surface area contributed by atoms with Gasteiger partial charge in [0.25, 0.3) is 0 Å². The predicted octanol–water partition coefficient (Wildman–Crippen LogP) is -1.20. The van der Waals surface area contributed by atoms with E-state index in [1.54, 1.807) is 12.0 Å². The summed E-state index contributed by atoms with van der Waals surface area (Å²) in [6, 6.07) is 0. The van der Waals surface area contributed by atoms with Crippen LogP contribution in [0.4, 0.5) is 0 Å². The number of nitrogens with zero attached hydrogens (tertiary/aromatic N) is 4. The molecule has 0 atom stereocenters. The Balaban J connectivity index is 1.65. The SMILES string of the molecule is COc1ncnc2c1CN(CC(=O)N1CCNC(=O)C1)CC2. The Kier molecular flexibility index (Phi) is 4.19. The highest BCUT2D eigenvalue weighted by molar-refractivity contribution is 5.86. The molecule has 0 aromatic carbocycles. The van der Waals surface area contributed by atoms with Gasteiger partial charge in [0.05, 0.1) is 25.9 Å². The van der Waals surface area contributed by atoms with Crippen LogP contribution in [0.3, 0.4) is 0 Å². The second kappa shape index (κ2) is 6.27. The summed E-state index contributed by atoms with van der Waals surface area (Å²) in [6.45, 7) is 2.89. The van der Waals surface area contributed by atoms with E-state index in [0.717, 1.165) is 24.2 Å². The molecule has 1 fully saturated rings. The minimum atomic E-state index is -0.0985. The first-order chi connectivity index (χ1) is 10.7.